The predicted molar refractivity (Wildman–Crippen MR) is 65.5 cm³/mol. The first-order valence-corrected chi connectivity index (χ1v) is 5.49. The van der Waals surface area contributed by atoms with Crippen molar-refractivity contribution in [1.82, 2.24) is 0 Å². The third kappa shape index (κ3) is 2.88. The molecule has 1 aromatic carbocycles. The lowest BCUT2D eigenvalue weighted by molar-refractivity contribution is -0.114. The van der Waals surface area contributed by atoms with Crippen molar-refractivity contribution >= 4 is 17.3 Å². The largest absolute Gasteiger partial charge is 0.494 e. The standard InChI is InChI=1S/C12H16N2O3/c1-8(15)13-11-4-3-9(5-12(11)16-2)14-10-6-17-7-10/h3-5,10,14H,6-7H2,1-2H3,(H,13,15). The molecule has 1 aromatic rings. The summed E-state index contributed by atoms with van der Waals surface area (Å²) in [5.41, 5.74) is 1.64. The van der Waals surface area contributed by atoms with E-state index in [2.05, 4.69) is 10.6 Å². The molecular formula is C12H16N2O3. The summed E-state index contributed by atoms with van der Waals surface area (Å²) in [6.07, 6.45) is 0. The molecule has 5 nitrogen and oxygen atoms in total. The molecule has 0 bridgehead atoms. The van der Waals surface area contributed by atoms with E-state index >= 15 is 0 Å². The van der Waals surface area contributed by atoms with E-state index in [4.69, 9.17) is 9.47 Å². The maximum absolute atomic E-state index is 11.0. The fraction of sp³-hybridized carbons (Fsp3) is 0.417. The molecule has 0 spiro atoms. The lowest BCUT2D eigenvalue weighted by Gasteiger charge is -2.28. The molecule has 1 aliphatic rings. The van der Waals surface area contributed by atoms with E-state index in [0.717, 1.165) is 18.9 Å². The summed E-state index contributed by atoms with van der Waals surface area (Å²) in [6.45, 7) is 2.93. The van der Waals surface area contributed by atoms with Crippen molar-refractivity contribution in [3.05, 3.63) is 18.2 Å². The molecule has 0 atom stereocenters. The SMILES string of the molecule is COc1cc(NC2COC2)ccc1NC(C)=O. The molecule has 92 valence electrons. The Balaban J connectivity index is 2.11. The molecule has 17 heavy (non-hydrogen) atoms. The zero-order valence-corrected chi connectivity index (χ0v) is 9.95. The average molecular weight is 236 g/mol. The Kier molecular flexibility index (Phi) is 3.49. The van der Waals surface area contributed by atoms with Crippen LogP contribution in [-0.2, 0) is 9.53 Å². The maximum Gasteiger partial charge on any atom is 0.221 e. The van der Waals surface area contributed by atoms with Crippen molar-refractivity contribution in [3.63, 3.8) is 0 Å². The Bertz CT molecular complexity index is 416. The molecule has 0 saturated carbocycles. The number of rotatable bonds is 4. The van der Waals surface area contributed by atoms with Crippen LogP contribution in [-0.4, -0.2) is 32.3 Å². The van der Waals surface area contributed by atoms with Crippen molar-refractivity contribution in [1.29, 1.82) is 0 Å². The first-order chi connectivity index (χ1) is 8.19. The van der Waals surface area contributed by atoms with Crippen LogP contribution in [0.1, 0.15) is 6.92 Å². The van der Waals surface area contributed by atoms with E-state index in [-0.39, 0.29) is 5.91 Å². The minimum atomic E-state index is -0.114. The van der Waals surface area contributed by atoms with E-state index in [1.165, 1.54) is 6.92 Å². The van der Waals surface area contributed by atoms with Gasteiger partial charge in [0.05, 0.1) is 32.1 Å². The normalized spacial score (nSPS) is 14.9. The molecule has 1 heterocycles. The van der Waals surface area contributed by atoms with Crippen LogP contribution in [0.4, 0.5) is 11.4 Å². The number of benzene rings is 1. The van der Waals surface area contributed by atoms with Gasteiger partial charge in [0.15, 0.2) is 0 Å². The van der Waals surface area contributed by atoms with Crippen LogP contribution in [0, 0.1) is 0 Å². The molecule has 0 aliphatic carbocycles. The molecule has 1 saturated heterocycles. The van der Waals surface area contributed by atoms with E-state index in [9.17, 15) is 4.79 Å². The first-order valence-electron chi connectivity index (χ1n) is 5.49. The number of carbonyl (C=O) groups excluding carboxylic acids is 1. The molecule has 2 rings (SSSR count). The summed E-state index contributed by atoms with van der Waals surface area (Å²) in [5, 5.41) is 6.03. The van der Waals surface area contributed by atoms with Crippen LogP contribution in [0.25, 0.3) is 0 Å². The van der Waals surface area contributed by atoms with Crippen LogP contribution in [0.3, 0.4) is 0 Å². The van der Waals surface area contributed by atoms with Crippen molar-refractivity contribution in [2.45, 2.75) is 13.0 Å². The summed E-state index contributed by atoms with van der Waals surface area (Å²) < 4.78 is 10.3. The van der Waals surface area contributed by atoms with Crippen LogP contribution in [0.5, 0.6) is 5.75 Å². The molecular weight excluding hydrogens is 220 g/mol. The monoisotopic (exact) mass is 236 g/mol. The molecule has 2 N–H and O–H groups in total. The lowest BCUT2D eigenvalue weighted by Crippen LogP contribution is -2.40. The maximum atomic E-state index is 11.0. The third-order valence-electron chi connectivity index (χ3n) is 2.52. The molecule has 1 aliphatic heterocycles. The molecule has 5 heteroatoms. The Morgan fingerprint density at radius 1 is 1.47 bits per heavy atom. The van der Waals surface area contributed by atoms with E-state index < -0.39 is 0 Å². The van der Waals surface area contributed by atoms with Crippen molar-refractivity contribution in [2.24, 2.45) is 0 Å². The highest BCUT2D eigenvalue weighted by Gasteiger charge is 2.18. The van der Waals surface area contributed by atoms with Gasteiger partial charge in [0.25, 0.3) is 0 Å². The minimum Gasteiger partial charge on any atom is -0.494 e. The highest BCUT2D eigenvalue weighted by molar-refractivity contribution is 5.90. The Hall–Kier alpha value is -1.75. The minimum absolute atomic E-state index is 0.114. The first kappa shape index (κ1) is 11.7. The second-order valence-corrected chi connectivity index (χ2v) is 3.97. The van der Waals surface area contributed by atoms with E-state index in [1.54, 1.807) is 7.11 Å². The van der Waals surface area contributed by atoms with Gasteiger partial charge in [0.2, 0.25) is 5.91 Å². The number of ether oxygens (including phenoxy) is 2. The zero-order chi connectivity index (χ0) is 12.3. The van der Waals surface area contributed by atoms with Gasteiger partial charge in [-0.2, -0.15) is 0 Å². The van der Waals surface area contributed by atoms with Crippen LogP contribution in [0.2, 0.25) is 0 Å². The highest BCUT2D eigenvalue weighted by atomic mass is 16.5. The van der Waals surface area contributed by atoms with Gasteiger partial charge >= 0.3 is 0 Å². The fourth-order valence-electron chi connectivity index (χ4n) is 1.63. The van der Waals surface area contributed by atoms with Gasteiger partial charge in [0.1, 0.15) is 5.75 Å². The number of anilines is 2. The fourth-order valence-corrected chi connectivity index (χ4v) is 1.63. The second-order valence-electron chi connectivity index (χ2n) is 3.97. The van der Waals surface area contributed by atoms with Crippen molar-refractivity contribution < 1.29 is 14.3 Å². The lowest BCUT2D eigenvalue weighted by atomic mass is 10.2. The highest BCUT2D eigenvalue weighted by Crippen LogP contribution is 2.28. The molecule has 0 radical (unpaired) electrons. The number of carbonyl (C=O) groups is 1. The molecule has 1 amide bonds. The third-order valence-corrected chi connectivity index (χ3v) is 2.52. The topological polar surface area (TPSA) is 59.6 Å². The predicted octanol–water partition coefficient (Wildman–Crippen LogP) is 1.46. The summed E-state index contributed by atoms with van der Waals surface area (Å²) in [7, 11) is 1.58. The van der Waals surface area contributed by atoms with E-state index in [1.807, 2.05) is 18.2 Å². The van der Waals surface area contributed by atoms with Crippen LogP contribution >= 0.6 is 0 Å². The Morgan fingerprint density at radius 3 is 2.76 bits per heavy atom. The molecule has 1 fully saturated rings. The summed E-state index contributed by atoms with van der Waals surface area (Å²) in [5.74, 6) is 0.529. The number of methoxy groups -OCH3 is 1. The number of amides is 1. The number of hydrogen-bond acceptors (Lipinski definition) is 4. The van der Waals surface area contributed by atoms with Gasteiger partial charge in [-0.05, 0) is 12.1 Å². The smallest absolute Gasteiger partial charge is 0.221 e. The van der Waals surface area contributed by atoms with E-state index in [0.29, 0.717) is 17.5 Å². The van der Waals surface area contributed by atoms with Crippen molar-refractivity contribution in [2.75, 3.05) is 31.0 Å². The number of hydrogen-bond donors (Lipinski definition) is 2. The Labute approximate surface area is 100 Å². The summed E-state index contributed by atoms with van der Waals surface area (Å²) in [6, 6.07) is 5.96. The van der Waals surface area contributed by atoms with Gasteiger partial charge in [0, 0.05) is 18.7 Å². The quantitative estimate of drug-likeness (QED) is 0.831. The molecule has 0 unspecified atom stereocenters. The van der Waals surface area contributed by atoms with Gasteiger partial charge in [-0.15, -0.1) is 0 Å². The zero-order valence-electron chi connectivity index (χ0n) is 9.95. The van der Waals surface area contributed by atoms with Gasteiger partial charge < -0.3 is 20.1 Å². The second kappa shape index (κ2) is 5.05. The number of nitrogens with one attached hydrogen (secondary N) is 2. The average Bonchev–Trinajstić information content (AvgIpc) is 2.24. The summed E-state index contributed by atoms with van der Waals surface area (Å²) in [4.78, 5) is 11.0. The Morgan fingerprint density at radius 2 is 2.24 bits per heavy atom. The summed E-state index contributed by atoms with van der Waals surface area (Å²) >= 11 is 0. The van der Waals surface area contributed by atoms with Crippen molar-refractivity contribution in [3.8, 4) is 5.75 Å². The van der Waals surface area contributed by atoms with Crippen LogP contribution in [0.15, 0.2) is 18.2 Å². The van der Waals surface area contributed by atoms with Gasteiger partial charge in [-0.1, -0.05) is 0 Å². The van der Waals surface area contributed by atoms with Gasteiger partial charge in [-0.25, -0.2) is 0 Å². The van der Waals surface area contributed by atoms with Gasteiger partial charge in [-0.3, -0.25) is 4.79 Å². The van der Waals surface area contributed by atoms with Crippen LogP contribution < -0.4 is 15.4 Å². The molecule has 0 aromatic heterocycles.